The Labute approximate surface area is 185 Å². The summed E-state index contributed by atoms with van der Waals surface area (Å²) >= 11 is 1.99. The molecule has 0 radical (unpaired) electrons. The number of piperidine rings is 1. The van der Waals surface area contributed by atoms with Crippen LogP contribution in [-0.2, 0) is 27.9 Å². The van der Waals surface area contributed by atoms with E-state index in [4.69, 9.17) is 9.47 Å². The molecule has 0 bridgehead atoms. The van der Waals surface area contributed by atoms with Crippen molar-refractivity contribution in [1.82, 2.24) is 10.2 Å². The van der Waals surface area contributed by atoms with Crippen LogP contribution in [-0.4, -0.2) is 47.9 Å². The second-order valence-corrected chi connectivity index (χ2v) is 11.6. The van der Waals surface area contributed by atoms with E-state index in [9.17, 15) is 4.79 Å². The Balaban J connectivity index is 1.37. The first kappa shape index (κ1) is 22.1. The molecule has 168 valence electrons. The van der Waals surface area contributed by atoms with E-state index in [1.165, 1.54) is 10.4 Å². The molecule has 1 aromatic heterocycles. The molecule has 1 unspecified atom stereocenters. The minimum atomic E-state index is -0.448. The predicted octanol–water partition coefficient (Wildman–Crippen LogP) is 5.01. The lowest BCUT2D eigenvalue weighted by Crippen LogP contribution is -2.53. The molecule has 3 heterocycles. The van der Waals surface area contributed by atoms with Gasteiger partial charge in [0.15, 0.2) is 0 Å². The summed E-state index contributed by atoms with van der Waals surface area (Å²) in [6.45, 7) is 12.3. The van der Waals surface area contributed by atoms with Crippen LogP contribution < -0.4 is 5.32 Å². The molecule has 4 rings (SSSR count). The number of carbonyl (C=O) groups excluding carboxylic acids is 1. The van der Waals surface area contributed by atoms with Gasteiger partial charge in [-0.15, -0.1) is 11.3 Å². The van der Waals surface area contributed by atoms with Crippen molar-refractivity contribution in [1.29, 1.82) is 0 Å². The number of carbonyl (C=O) groups is 1. The summed E-state index contributed by atoms with van der Waals surface area (Å²) in [5, 5.41) is 3.09. The highest BCUT2D eigenvalue weighted by Crippen LogP contribution is 2.47. The van der Waals surface area contributed by atoms with Gasteiger partial charge < -0.3 is 14.8 Å². The van der Waals surface area contributed by atoms with Gasteiger partial charge in [-0.3, -0.25) is 4.90 Å². The third-order valence-corrected chi connectivity index (χ3v) is 8.31. The Morgan fingerprint density at radius 3 is 2.90 bits per heavy atom. The van der Waals surface area contributed by atoms with Gasteiger partial charge in [-0.2, -0.15) is 0 Å². The van der Waals surface area contributed by atoms with Gasteiger partial charge in [0.1, 0.15) is 5.60 Å². The van der Waals surface area contributed by atoms with Crippen LogP contribution in [0.2, 0.25) is 0 Å². The monoisotopic (exact) mass is 434 g/mol. The summed E-state index contributed by atoms with van der Waals surface area (Å²) in [7, 11) is 0. The van der Waals surface area contributed by atoms with Gasteiger partial charge in [-0.1, -0.05) is 6.92 Å². The summed E-state index contributed by atoms with van der Waals surface area (Å²) in [4.78, 5) is 17.9. The highest BCUT2D eigenvalue weighted by atomic mass is 32.1. The largest absolute Gasteiger partial charge is 0.444 e. The van der Waals surface area contributed by atoms with Gasteiger partial charge in [0.25, 0.3) is 0 Å². The van der Waals surface area contributed by atoms with Gasteiger partial charge in [0, 0.05) is 40.8 Å². The van der Waals surface area contributed by atoms with E-state index in [1.54, 1.807) is 4.88 Å². The lowest BCUT2D eigenvalue weighted by Gasteiger charge is -2.49. The molecule has 1 aliphatic carbocycles. The summed E-state index contributed by atoms with van der Waals surface area (Å²) in [5.41, 5.74) is 0.953. The summed E-state index contributed by atoms with van der Waals surface area (Å²) in [6.07, 6.45) is 7.23. The Hall–Kier alpha value is -1.11. The maximum absolute atomic E-state index is 12.1. The summed E-state index contributed by atoms with van der Waals surface area (Å²) in [6, 6.07) is 3.67. The topological polar surface area (TPSA) is 50.8 Å². The molecule has 1 spiro atoms. The first-order valence-electron chi connectivity index (χ1n) is 11.7. The van der Waals surface area contributed by atoms with Crippen molar-refractivity contribution in [2.75, 3.05) is 13.2 Å². The van der Waals surface area contributed by atoms with Crippen molar-refractivity contribution < 1.29 is 14.3 Å². The van der Waals surface area contributed by atoms with E-state index >= 15 is 0 Å². The zero-order chi connectivity index (χ0) is 21.5. The van der Waals surface area contributed by atoms with Crippen LogP contribution in [0, 0.1) is 0 Å². The number of fused-ring (bicyclic) bond motifs is 2. The standard InChI is InChI=1S/C24H38N2O3S/c1-6-19-14-20-21(30-19)9-12-28-24(20)10-11-26(16(2)15-24)18-8-7-17(13-18)25-22(27)29-23(3,4)5/h14,16-18H,6-13,15H2,1-5H3,(H,25,27)/t16-,17+,18?,24+/m0/s1. The molecular weight excluding hydrogens is 396 g/mol. The average molecular weight is 435 g/mol. The minimum absolute atomic E-state index is 0.0831. The van der Waals surface area contributed by atoms with Crippen molar-refractivity contribution in [3.63, 3.8) is 0 Å². The fraction of sp³-hybridized carbons (Fsp3) is 0.792. The van der Waals surface area contributed by atoms with Crippen molar-refractivity contribution in [2.24, 2.45) is 0 Å². The summed E-state index contributed by atoms with van der Waals surface area (Å²) in [5.74, 6) is 0. The maximum Gasteiger partial charge on any atom is 0.407 e. The molecule has 0 aromatic carbocycles. The van der Waals surface area contributed by atoms with Gasteiger partial charge in [0.05, 0.1) is 12.2 Å². The van der Waals surface area contributed by atoms with Crippen LogP contribution in [0.4, 0.5) is 4.79 Å². The Kier molecular flexibility index (Phi) is 6.21. The average Bonchev–Trinajstić information content (AvgIpc) is 3.28. The number of likely N-dealkylation sites (tertiary alicyclic amines) is 1. The zero-order valence-corrected chi connectivity index (χ0v) is 20.1. The number of amides is 1. The van der Waals surface area contributed by atoms with E-state index in [0.717, 1.165) is 58.1 Å². The van der Waals surface area contributed by atoms with Crippen molar-refractivity contribution in [3.8, 4) is 0 Å². The molecule has 5 nitrogen and oxygen atoms in total. The van der Waals surface area contributed by atoms with Crippen LogP contribution >= 0.6 is 11.3 Å². The molecule has 1 amide bonds. The first-order valence-corrected chi connectivity index (χ1v) is 12.5. The normalized spacial score (nSPS) is 32.2. The second kappa shape index (κ2) is 8.44. The van der Waals surface area contributed by atoms with Crippen molar-refractivity contribution in [2.45, 2.75) is 109 Å². The Bertz CT molecular complexity index is 771. The number of rotatable bonds is 3. The van der Waals surface area contributed by atoms with Crippen molar-refractivity contribution >= 4 is 17.4 Å². The number of nitrogens with zero attached hydrogens (tertiary/aromatic N) is 1. The number of hydrogen-bond acceptors (Lipinski definition) is 5. The fourth-order valence-electron chi connectivity index (χ4n) is 5.66. The predicted molar refractivity (Wildman–Crippen MR) is 121 cm³/mol. The molecule has 30 heavy (non-hydrogen) atoms. The third kappa shape index (κ3) is 4.56. The van der Waals surface area contributed by atoms with Gasteiger partial charge in [-0.25, -0.2) is 4.79 Å². The Morgan fingerprint density at radius 1 is 1.40 bits per heavy atom. The van der Waals surface area contributed by atoms with E-state index in [0.29, 0.717) is 12.1 Å². The number of alkyl carbamates (subject to hydrolysis) is 1. The number of thiophene rings is 1. The van der Waals surface area contributed by atoms with Crippen LogP contribution in [0.1, 0.15) is 82.0 Å². The quantitative estimate of drug-likeness (QED) is 0.727. The highest BCUT2D eigenvalue weighted by molar-refractivity contribution is 7.12. The third-order valence-electron chi connectivity index (χ3n) is 6.97. The van der Waals surface area contributed by atoms with E-state index in [-0.39, 0.29) is 17.7 Å². The maximum atomic E-state index is 12.1. The first-order chi connectivity index (χ1) is 14.2. The lowest BCUT2D eigenvalue weighted by molar-refractivity contribution is -0.116. The molecule has 6 heteroatoms. The Morgan fingerprint density at radius 2 is 2.20 bits per heavy atom. The van der Waals surface area contributed by atoms with Gasteiger partial charge in [0.2, 0.25) is 0 Å². The molecule has 1 aromatic rings. The molecule has 2 aliphatic heterocycles. The van der Waals surface area contributed by atoms with Crippen LogP contribution in [0.5, 0.6) is 0 Å². The molecule has 3 aliphatic rings. The smallest absolute Gasteiger partial charge is 0.407 e. The molecule has 1 saturated heterocycles. The molecule has 4 atom stereocenters. The van der Waals surface area contributed by atoms with Gasteiger partial charge >= 0.3 is 6.09 Å². The van der Waals surface area contributed by atoms with Crippen molar-refractivity contribution in [3.05, 3.63) is 21.4 Å². The van der Waals surface area contributed by atoms with Crippen LogP contribution in [0.25, 0.3) is 0 Å². The van der Waals surface area contributed by atoms with Crippen LogP contribution in [0.3, 0.4) is 0 Å². The second-order valence-electron chi connectivity index (χ2n) is 10.3. The number of aryl methyl sites for hydroxylation is 1. The molecule has 1 N–H and O–H groups in total. The number of nitrogens with one attached hydrogen (secondary N) is 1. The number of hydrogen-bond donors (Lipinski definition) is 1. The minimum Gasteiger partial charge on any atom is -0.444 e. The zero-order valence-electron chi connectivity index (χ0n) is 19.3. The SMILES string of the molecule is CCc1cc2c(s1)CCO[C@@]21CCN(C2CC[C@@H](NC(=O)OC(C)(C)C)C2)[C@@H](C)C1. The lowest BCUT2D eigenvalue weighted by atomic mass is 9.78. The van der Waals surface area contributed by atoms with Gasteiger partial charge in [-0.05, 0) is 77.8 Å². The summed E-state index contributed by atoms with van der Waals surface area (Å²) < 4.78 is 11.9. The van der Waals surface area contributed by atoms with Crippen LogP contribution in [0.15, 0.2) is 6.07 Å². The van der Waals surface area contributed by atoms with E-state index < -0.39 is 5.60 Å². The molecule has 1 saturated carbocycles. The molecule has 2 fully saturated rings. The molecular formula is C24H38N2O3S. The van der Waals surface area contributed by atoms with E-state index in [2.05, 4.69) is 30.1 Å². The highest BCUT2D eigenvalue weighted by Gasteiger charge is 2.46. The fourth-order valence-corrected chi connectivity index (χ4v) is 6.83. The van der Waals surface area contributed by atoms with E-state index in [1.807, 2.05) is 32.1 Å². The number of ether oxygens (including phenoxy) is 2.